The van der Waals surface area contributed by atoms with Gasteiger partial charge in [0.15, 0.2) is 0 Å². The molecule has 142 valence electrons. The van der Waals surface area contributed by atoms with Crippen molar-refractivity contribution in [1.82, 2.24) is 9.88 Å². The molecule has 28 heavy (non-hydrogen) atoms. The van der Waals surface area contributed by atoms with Gasteiger partial charge in [-0.1, -0.05) is 12.1 Å². The molecule has 6 heteroatoms. The Morgan fingerprint density at radius 3 is 2.93 bits per heavy atom. The summed E-state index contributed by atoms with van der Waals surface area (Å²) in [5.74, 6) is 0.758. The first-order valence-corrected chi connectivity index (χ1v) is 9.50. The minimum absolute atomic E-state index is 0.309. The van der Waals surface area contributed by atoms with E-state index in [-0.39, 0.29) is 5.63 Å². The molecule has 0 unspecified atom stereocenters. The van der Waals surface area contributed by atoms with E-state index in [1.807, 2.05) is 31.2 Å². The van der Waals surface area contributed by atoms with Gasteiger partial charge in [0, 0.05) is 50.4 Å². The van der Waals surface area contributed by atoms with E-state index in [2.05, 4.69) is 20.9 Å². The van der Waals surface area contributed by atoms with Crippen molar-refractivity contribution in [3.05, 3.63) is 69.7 Å². The van der Waals surface area contributed by atoms with Crippen LogP contribution in [-0.2, 0) is 6.54 Å². The highest BCUT2D eigenvalue weighted by atomic mass is 16.4. The summed E-state index contributed by atoms with van der Waals surface area (Å²) in [7, 11) is 0. The molecule has 1 aromatic carbocycles. The fraction of sp³-hybridized carbons (Fsp3) is 0.318. The summed E-state index contributed by atoms with van der Waals surface area (Å²) in [6, 6.07) is 13.4. The molecular weight excluding hydrogens is 352 g/mol. The molecular formula is C22H22N4O2. The van der Waals surface area contributed by atoms with Crippen molar-refractivity contribution in [1.29, 1.82) is 5.26 Å². The van der Waals surface area contributed by atoms with Crippen LogP contribution >= 0.6 is 0 Å². The predicted octanol–water partition coefficient (Wildman–Crippen LogP) is 3.08. The van der Waals surface area contributed by atoms with Crippen LogP contribution in [0.25, 0.3) is 11.0 Å². The lowest BCUT2D eigenvalue weighted by molar-refractivity contribution is 0.286. The maximum atomic E-state index is 12.0. The summed E-state index contributed by atoms with van der Waals surface area (Å²) in [6.45, 7) is 6.12. The van der Waals surface area contributed by atoms with Crippen LogP contribution in [0.3, 0.4) is 0 Å². The second kappa shape index (κ2) is 7.83. The Bertz CT molecular complexity index is 1100. The molecule has 1 aliphatic rings. The lowest BCUT2D eigenvalue weighted by Crippen LogP contribution is -2.31. The summed E-state index contributed by atoms with van der Waals surface area (Å²) in [6.07, 6.45) is 2.70. The van der Waals surface area contributed by atoms with Crippen LogP contribution < -0.4 is 10.5 Å². The summed E-state index contributed by atoms with van der Waals surface area (Å²) >= 11 is 0. The highest BCUT2D eigenvalue weighted by Crippen LogP contribution is 2.22. The molecule has 0 N–H and O–H groups in total. The van der Waals surface area contributed by atoms with Gasteiger partial charge < -0.3 is 9.32 Å². The average molecular weight is 374 g/mol. The van der Waals surface area contributed by atoms with E-state index in [9.17, 15) is 10.1 Å². The van der Waals surface area contributed by atoms with E-state index in [0.29, 0.717) is 17.7 Å². The molecule has 0 amide bonds. The van der Waals surface area contributed by atoms with Gasteiger partial charge in [0.05, 0.1) is 5.56 Å². The van der Waals surface area contributed by atoms with E-state index in [1.165, 1.54) is 0 Å². The van der Waals surface area contributed by atoms with Crippen LogP contribution in [0.1, 0.15) is 23.1 Å². The monoisotopic (exact) mass is 374 g/mol. The molecule has 0 atom stereocenters. The lowest BCUT2D eigenvalue weighted by atomic mass is 10.1. The summed E-state index contributed by atoms with van der Waals surface area (Å²) in [5, 5.41) is 10.3. The van der Waals surface area contributed by atoms with Gasteiger partial charge in [0.2, 0.25) is 0 Å². The first kappa shape index (κ1) is 18.2. The van der Waals surface area contributed by atoms with Gasteiger partial charge in [-0.2, -0.15) is 5.26 Å². The minimum Gasteiger partial charge on any atom is -0.423 e. The third-order valence-electron chi connectivity index (χ3n) is 5.17. The standard InChI is InChI=1S/C22H22N4O2/c1-16-5-6-19-18(13-21(27)28-20(19)12-16)15-25-8-3-9-26(11-10-25)22-17(14-23)4-2-7-24-22/h2,4-7,12-13H,3,8-11,15H2,1H3. The predicted molar refractivity (Wildman–Crippen MR) is 108 cm³/mol. The zero-order valence-corrected chi connectivity index (χ0v) is 15.9. The molecule has 3 aromatic rings. The number of rotatable bonds is 3. The molecule has 3 heterocycles. The fourth-order valence-corrected chi connectivity index (χ4v) is 3.79. The molecule has 0 aliphatic carbocycles. The topological polar surface area (TPSA) is 73.4 Å². The molecule has 1 saturated heterocycles. The third-order valence-corrected chi connectivity index (χ3v) is 5.17. The number of pyridine rings is 1. The Morgan fingerprint density at radius 2 is 2.07 bits per heavy atom. The SMILES string of the molecule is Cc1ccc2c(CN3CCCN(c4ncccc4C#N)CC3)cc(=O)oc2c1. The van der Waals surface area contributed by atoms with E-state index in [0.717, 1.165) is 54.9 Å². The number of nitriles is 1. The van der Waals surface area contributed by atoms with Crippen molar-refractivity contribution in [2.75, 3.05) is 31.1 Å². The molecule has 0 radical (unpaired) electrons. The fourth-order valence-electron chi connectivity index (χ4n) is 3.79. The van der Waals surface area contributed by atoms with Crippen LogP contribution in [0, 0.1) is 18.3 Å². The van der Waals surface area contributed by atoms with Gasteiger partial charge in [-0.25, -0.2) is 9.78 Å². The number of nitrogens with zero attached hydrogens (tertiary/aromatic N) is 4. The number of benzene rings is 1. The van der Waals surface area contributed by atoms with Crippen molar-refractivity contribution >= 4 is 16.8 Å². The van der Waals surface area contributed by atoms with Gasteiger partial charge >= 0.3 is 5.63 Å². The third kappa shape index (κ3) is 3.75. The highest BCUT2D eigenvalue weighted by Gasteiger charge is 2.19. The first-order valence-electron chi connectivity index (χ1n) is 9.50. The maximum absolute atomic E-state index is 12.0. The number of hydrogen-bond acceptors (Lipinski definition) is 6. The van der Waals surface area contributed by atoms with E-state index < -0.39 is 0 Å². The molecule has 0 bridgehead atoms. The van der Waals surface area contributed by atoms with Crippen LogP contribution in [0.4, 0.5) is 5.82 Å². The molecule has 2 aromatic heterocycles. The van der Waals surface area contributed by atoms with E-state index in [4.69, 9.17) is 4.42 Å². The van der Waals surface area contributed by atoms with Crippen LogP contribution in [0.15, 0.2) is 51.8 Å². The number of fused-ring (bicyclic) bond motifs is 1. The first-order chi connectivity index (χ1) is 13.6. The normalized spacial score (nSPS) is 15.4. The van der Waals surface area contributed by atoms with Crippen molar-refractivity contribution in [2.45, 2.75) is 19.9 Å². The van der Waals surface area contributed by atoms with E-state index in [1.54, 1.807) is 18.3 Å². The number of aryl methyl sites for hydroxylation is 1. The molecule has 0 spiro atoms. The van der Waals surface area contributed by atoms with Crippen molar-refractivity contribution in [2.24, 2.45) is 0 Å². The van der Waals surface area contributed by atoms with Crippen LogP contribution in [0.2, 0.25) is 0 Å². The second-order valence-corrected chi connectivity index (χ2v) is 7.19. The van der Waals surface area contributed by atoms with Crippen molar-refractivity contribution in [3.8, 4) is 6.07 Å². The summed E-state index contributed by atoms with van der Waals surface area (Å²) in [4.78, 5) is 20.9. The summed E-state index contributed by atoms with van der Waals surface area (Å²) < 4.78 is 5.38. The number of aromatic nitrogens is 1. The number of anilines is 1. The van der Waals surface area contributed by atoms with Crippen molar-refractivity contribution in [3.63, 3.8) is 0 Å². The Hall–Kier alpha value is -3.17. The number of hydrogen-bond donors (Lipinski definition) is 0. The van der Waals surface area contributed by atoms with E-state index >= 15 is 0 Å². The minimum atomic E-state index is -0.309. The highest BCUT2D eigenvalue weighted by molar-refractivity contribution is 5.80. The molecule has 4 rings (SSSR count). The van der Waals surface area contributed by atoms with Crippen LogP contribution in [-0.4, -0.2) is 36.1 Å². The van der Waals surface area contributed by atoms with Gasteiger partial charge in [-0.3, -0.25) is 4.90 Å². The Balaban J connectivity index is 1.54. The van der Waals surface area contributed by atoms with Gasteiger partial charge in [0.25, 0.3) is 0 Å². The maximum Gasteiger partial charge on any atom is 0.336 e. The Morgan fingerprint density at radius 1 is 1.18 bits per heavy atom. The largest absolute Gasteiger partial charge is 0.423 e. The molecule has 1 aliphatic heterocycles. The smallest absolute Gasteiger partial charge is 0.336 e. The Kier molecular flexibility index (Phi) is 5.09. The quantitative estimate of drug-likeness (QED) is 0.656. The zero-order chi connectivity index (χ0) is 19.5. The lowest BCUT2D eigenvalue weighted by Gasteiger charge is -2.23. The molecule has 1 fully saturated rings. The van der Waals surface area contributed by atoms with Gasteiger partial charge in [-0.15, -0.1) is 0 Å². The van der Waals surface area contributed by atoms with Crippen molar-refractivity contribution < 1.29 is 4.42 Å². The molecule has 6 nitrogen and oxygen atoms in total. The van der Waals surface area contributed by atoms with Gasteiger partial charge in [0.1, 0.15) is 17.5 Å². The average Bonchev–Trinajstić information content (AvgIpc) is 2.93. The zero-order valence-electron chi connectivity index (χ0n) is 15.9. The second-order valence-electron chi connectivity index (χ2n) is 7.19. The Labute approximate surface area is 163 Å². The van der Waals surface area contributed by atoms with Gasteiger partial charge in [-0.05, 0) is 42.7 Å². The molecule has 0 saturated carbocycles. The van der Waals surface area contributed by atoms with Crippen LogP contribution in [0.5, 0.6) is 0 Å². The summed E-state index contributed by atoms with van der Waals surface area (Å²) in [5.41, 5.74) is 3.01.